The van der Waals surface area contributed by atoms with Crippen LogP contribution in [-0.4, -0.2) is 30.2 Å². The summed E-state index contributed by atoms with van der Waals surface area (Å²) in [7, 11) is -5.79. The molecular weight excluding hydrogens is 418 g/mol. The van der Waals surface area contributed by atoms with Gasteiger partial charge in [-0.15, -0.1) is 0 Å². The topological polar surface area (TPSA) is 60.4 Å². The fraction of sp³-hybridized carbons (Fsp3) is 0.333. The molecule has 0 fully saturated rings. The first-order valence-electron chi connectivity index (χ1n) is 8.24. The van der Waals surface area contributed by atoms with E-state index in [9.17, 15) is 21.4 Å². The molecule has 0 radical (unpaired) electrons. The van der Waals surface area contributed by atoms with Gasteiger partial charge in [-0.05, 0) is 42.8 Å². The van der Waals surface area contributed by atoms with Gasteiger partial charge in [0, 0.05) is 21.6 Å². The van der Waals surface area contributed by atoms with Crippen LogP contribution in [0, 0.1) is 11.6 Å². The van der Waals surface area contributed by atoms with E-state index in [-0.39, 0.29) is 17.3 Å². The summed E-state index contributed by atoms with van der Waals surface area (Å²) in [6.07, 6.45) is 0.551. The summed E-state index contributed by atoms with van der Waals surface area (Å²) >= 11 is 5.82. The summed E-state index contributed by atoms with van der Waals surface area (Å²) < 4.78 is 73.4. The molecule has 0 N–H and O–H groups in total. The fourth-order valence-electron chi connectivity index (χ4n) is 3.09. The molecule has 4 nitrogen and oxygen atoms in total. The van der Waals surface area contributed by atoms with Crippen molar-refractivity contribution in [1.82, 2.24) is 0 Å². The Morgan fingerprint density at radius 2 is 1.78 bits per heavy atom. The van der Waals surface area contributed by atoms with Gasteiger partial charge in [-0.2, -0.15) is 0 Å². The summed E-state index contributed by atoms with van der Waals surface area (Å²) in [5, 5.41) is -2.20. The molecule has 2 aromatic rings. The third-order valence-corrected chi connectivity index (χ3v) is 8.81. The van der Waals surface area contributed by atoms with E-state index < -0.39 is 54.1 Å². The average Bonchev–Trinajstić information content (AvgIpc) is 2.64. The van der Waals surface area contributed by atoms with Crippen LogP contribution in [0.2, 0.25) is 5.02 Å². The predicted molar refractivity (Wildman–Crippen MR) is 100 cm³/mol. The van der Waals surface area contributed by atoms with E-state index in [1.807, 2.05) is 0 Å². The SMILES string of the molecule is CCCS(=O)[C@@H]1COc2c(F)ccc(F)c2C1S(=O)(=O)c1ccc(Cl)cc1. The fourth-order valence-corrected chi connectivity index (χ4v) is 7.18. The number of ether oxygens (including phenoxy) is 1. The second kappa shape index (κ2) is 7.85. The van der Waals surface area contributed by atoms with Gasteiger partial charge < -0.3 is 4.74 Å². The molecule has 146 valence electrons. The number of fused-ring (bicyclic) bond motifs is 1. The number of benzene rings is 2. The molecule has 0 bridgehead atoms. The Kier molecular flexibility index (Phi) is 5.88. The minimum absolute atomic E-state index is 0.105. The number of hydrogen-bond donors (Lipinski definition) is 0. The lowest BCUT2D eigenvalue weighted by atomic mass is 10.0. The first-order chi connectivity index (χ1) is 12.8. The van der Waals surface area contributed by atoms with Crippen LogP contribution in [0.5, 0.6) is 5.75 Å². The van der Waals surface area contributed by atoms with Gasteiger partial charge in [0.2, 0.25) is 0 Å². The van der Waals surface area contributed by atoms with E-state index in [4.69, 9.17) is 16.3 Å². The second-order valence-corrected chi connectivity index (χ2v) is 10.4. The maximum atomic E-state index is 14.6. The van der Waals surface area contributed by atoms with Crippen LogP contribution in [-0.2, 0) is 20.6 Å². The summed E-state index contributed by atoms with van der Waals surface area (Å²) in [6, 6.07) is 7.12. The first-order valence-corrected chi connectivity index (χ1v) is 11.5. The Hall–Kier alpha value is -1.51. The van der Waals surface area contributed by atoms with Crippen molar-refractivity contribution in [1.29, 1.82) is 0 Å². The van der Waals surface area contributed by atoms with Crippen LogP contribution in [0.1, 0.15) is 24.2 Å². The van der Waals surface area contributed by atoms with Gasteiger partial charge >= 0.3 is 0 Å². The van der Waals surface area contributed by atoms with Gasteiger partial charge in [0.1, 0.15) is 17.7 Å². The molecule has 3 rings (SSSR count). The molecule has 1 aliphatic heterocycles. The zero-order chi connectivity index (χ0) is 19.8. The molecule has 27 heavy (non-hydrogen) atoms. The molecule has 3 atom stereocenters. The quantitative estimate of drug-likeness (QED) is 0.712. The lowest BCUT2D eigenvalue weighted by Gasteiger charge is -2.33. The van der Waals surface area contributed by atoms with Gasteiger partial charge in [-0.3, -0.25) is 4.21 Å². The monoisotopic (exact) mass is 434 g/mol. The Bertz CT molecular complexity index is 978. The highest BCUT2D eigenvalue weighted by Crippen LogP contribution is 2.44. The maximum Gasteiger partial charge on any atom is 0.186 e. The van der Waals surface area contributed by atoms with Crippen LogP contribution >= 0.6 is 11.6 Å². The summed E-state index contributed by atoms with van der Waals surface area (Å²) in [5.74, 6) is -1.98. The van der Waals surface area contributed by atoms with Crippen molar-refractivity contribution in [3.8, 4) is 5.75 Å². The highest BCUT2D eigenvalue weighted by atomic mass is 35.5. The number of rotatable bonds is 5. The summed E-state index contributed by atoms with van der Waals surface area (Å²) in [4.78, 5) is -0.105. The first kappa shape index (κ1) is 20.2. The van der Waals surface area contributed by atoms with E-state index >= 15 is 0 Å². The van der Waals surface area contributed by atoms with E-state index in [1.54, 1.807) is 6.92 Å². The van der Waals surface area contributed by atoms with Crippen LogP contribution in [0.4, 0.5) is 8.78 Å². The molecule has 0 spiro atoms. The smallest absolute Gasteiger partial charge is 0.186 e. The molecule has 9 heteroatoms. The van der Waals surface area contributed by atoms with Crippen molar-refractivity contribution in [2.24, 2.45) is 0 Å². The third-order valence-electron chi connectivity index (χ3n) is 4.33. The molecular formula is C18H17ClF2O4S2. The lowest BCUT2D eigenvalue weighted by Crippen LogP contribution is -2.40. The highest BCUT2D eigenvalue weighted by Gasteiger charge is 2.46. The zero-order valence-electron chi connectivity index (χ0n) is 14.3. The normalized spacial score (nSPS) is 20.6. The molecule has 1 heterocycles. The number of halogens is 3. The molecule has 2 aromatic carbocycles. The van der Waals surface area contributed by atoms with Crippen molar-refractivity contribution in [2.75, 3.05) is 12.4 Å². The van der Waals surface area contributed by atoms with Gasteiger partial charge in [0.05, 0.1) is 15.7 Å². The van der Waals surface area contributed by atoms with Crippen LogP contribution in [0.15, 0.2) is 41.3 Å². The average molecular weight is 435 g/mol. The van der Waals surface area contributed by atoms with Crippen molar-refractivity contribution < 1.29 is 26.1 Å². The molecule has 1 aliphatic rings. The zero-order valence-corrected chi connectivity index (χ0v) is 16.7. The van der Waals surface area contributed by atoms with Gasteiger partial charge in [-0.25, -0.2) is 17.2 Å². The Balaban J connectivity index is 2.22. The molecule has 0 aromatic heterocycles. The Morgan fingerprint density at radius 3 is 2.41 bits per heavy atom. The largest absolute Gasteiger partial charge is 0.489 e. The number of sulfone groups is 1. The standard InChI is InChI=1S/C18H17ClF2O4S2/c1-2-9-26(22)15-10-25-17-14(21)8-7-13(20)16(17)18(15)27(23,24)12-5-3-11(19)4-6-12/h3-8,15,18H,2,9-10H2,1H3/t15-,18?,26?/m1/s1. The van der Waals surface area contributed by atoms with Crippen molar-refractivity contribution in [3.63, 3.8) is 0 Å². The van der Waals surface area contributed by atoms with Gasteiger partial charge in [0.25, 0.3) is 0 Å². The van der Waals surface area contributed by atoms with Crippen LogP contribution in [0.3, 0.4) is 0 Å². The Morgan fingerprint density at radius 1 is 1.15 bits per heavy atom. The molecule has 0 saturated carbocycles. The predicted octanol–water partition coefficient (Wildman–Crippen LogP) is 4.05. The minimum atomic E-state index is -4.18. The number of hydrogen-bond acceptors (Lipinski definition) is 4. The summed E-state index contributed by atoms with van der Waals surface area (Å²) in [6.45, 7) is 1.52. The van der Waals surface area contributed by atoms with E-state index in [0.29, 0.717) is 11.4 Å². The van der Waals surface area contributed by atoms with E-state index in [0.717, 1.165) is 12.1 Å². The highest BCUT2D eigenvalue weighted by molar-refractivity contribution is 7.93. The second-order valence-electron chi connectivity index (χ2n) is 6.13. The Labute approximate surface area is 163 Å². The van der Waals surface area contributed by atoms with Crippen molar-refractivity contribution >= 4 is 32.2 Å². The summed E-state index contributed by atoms with van der Waals surface area (Å²) in [5.41, 5.74) is -0.411. The van der Waals surface area contributed by atoms with E-state index in [1.165, 1.54) is 24.3 Å². The van der Waals surface area contributed by atoms with Gasteiger partial charge in [0.15, 0.2) is 21.4 Å². The molecule has 0 saturated heterocycles. The third kappa shape index (κ3) is 3.75. The van der Waals surface area contributed by atoms with Crippen molar-refractivity contribution in [3.05, 3.63) is 58.6 Å². The maximum absolute atomic E-state index is 14.6. The van der Waals surface area contributed by atoms with Crippen molar-refractivity contribution in [2.45, 2.75) is 28.7 Å². The lowest BCUT2D eigenvalue weighted by molar-refractivity contribution is 0.268. The van der Waals surface area contributed by atoms with Gasteiger partial charge in [-0.1, -0.05) is 18.5 Å². The molecule has 0 aliphatic carbocycles. The molecule has 0 amide bonds. The molecule has 2 unspecified atom stereocenters. The van der Waals surface area contributed by atoms with Crippen LogP contribution < -0.4 is 4.74 Å². The van der Waals surface area contributed by atoms with E-state index in [2.05, 4.69) is 0 Å². The minimum Gasteiger partial charge on any atom is -0.489 e. The van der Waals surface area contributed by atoms with Crippen LogP contribution in [0.25, 0.3) is 0 Å².